The van der Waals surface area contributed by atoms with E-state index in [1.807, 2.05) is 13.0 Å². The summed E-state index contributed by atoms with van der Waals surface area (Å²) in [4.78, 5) is 11.7. The lowest BCUT2D eigenvalue weighted by Crippen LogP contribution is -2.33. The Balaban J connectivity index is 1.00. The number of hydrogen-bond acceptors (Lipinski definition) is 7. The van der Waals surface area contributed by atoms with Crippen molar-refractivity contribution in [1.82, 2.24) is 0 Å². The number of carbonyl (C=O) groups is 1. The van der Waals surface area contributed by atoms with Crippen molar-refractivity contribution < 1.29 is 34.0 Å². The smallest absolute Gasteiger partial charge is 0.334 e. The fraction of sp³-hybridized carbons (Fsp3) is 0.919. The molecule has 0 aromatic rings. The average molecular weight is 621 g/mol. The standard InChI is InChI=1S/C37H64O7/c1-3-4-5-6-7-8-9-10-11-15-18-31(39)32-21-22-35(43-32)36-24-23-34(44-36)33-20-19-30(42-33)17-14-12-13-16-29(38)26-28-25-27(2)41-37(28)40/h25,27,29-36,38-39H,3-24,26H2,1-2H3/t27-,29+,30+,31-,32-,33-,34-,35-,36-/m0/s1. The second-order valence-corrected chi connectivity index (χ2v) is 14.3. The zero-order valence-electron chi connectivity index (χ0n) is 28.0. The van der Waals surface area contributed by atoms with Gasteiger partial charge in [-0.15, -0.1) is 0 Å². The summed E-state index contributed by atoms with van der Waals surface area (Å²) in [6.45, 7) is 4.11. The van der Waals surface area contributed by atoms with Crippen molar-refractivity contribution in [2.24, 2.45) is 0 Å². The first-order chi connectivity index (χ1) is 21.4. The molecule has 0 aliphatic carbocycles. The van der Waals surface area contributed by atoms with Gasteiger partial charge in [-0.25, -0.2) is 4.79 Å². The van der Waals surface area contributed by atoms with Gasteiger partial charge in [0.05, 0.1) is 48.8 Å². The molecular formula is C37H64O7. The monoisotopic (exact) mass is 620 g/mol. The van der Waals surface area contributed by atoms with Gasteiger partial charge in [-0.3, -0.25) is 0 Å². The highest BCUT2D eigenvalue weighted by molar-refractivity contribution is 5.90. The van der Waals surface area contributed by atoms with Crippen LogP contribution >= 0.6 is 0 Å². The Bertz CT molecular complexity index is 846. The summed E-state index contributed by atoms with van der Waals surface area (Å²) >= 11 is 0. The minimum atomic E-state index is -0.481. The molecule has 2 N–H and O–H groups in total. The van der Waals surface area contributed by atoms with E-state index in [1.54, 1.807) is 0 Å². The highest BCUT2D eigenvalue weighted by atomic mass is 16.6. The molecule has 4 aliphatic rings. The van der Waals surface area contributed by atoms with Crippen molar-refractivity contribution >= 4 is 5.97 Å². The number of aliphatic hydroxyl groups is 2. The Morgan fingerprint density at radius 3 is 1.95 bits per heavy atom. The van der Waals surface area contributed by atoms with Crippen molar-refractivity contribution in [2.45, 2.75) is 216 Å². The van der Waals surface area contributed by atoms with Crippen molar-refractivity contribution in [3.63, 3.8) is 0 Å². The number of aliphatic hydroxyl groups excluding tert-OH is 2. The zero-order chi connectivity index (χ0) is 31.1. The predicted molar refractivity (Wildman–Crippen MR) is 173 cm³/mol. The Hall–Kier alpha value is -0.990. The molecule has 0 saturated carbocycles. The quantitative estimate of drug-likeness (QED) is 0.0939. The Morgan fingerprint density at radius 1 is 0.705 bits per heavy atom. The Morgan fingerprint density at radius 2 is 1.27 bits per heavy atom. The number of esters is 1. The third-order valence-electron chi connectivity index (χ3n) is 10.4. The number of rotatable bonds is 22. The second kappa shape index (κ2) is 19.6. The predicted octanol–water partition coefficient (Wildman–Crippen LogP) is 7.87. The van der Waals surface area contributed by atoms with Gasteiger partial charge < -0.3 is 29.2 Å². The zero-order valence-corrected chi connectivity index (χ0v) is 28.0. The summed E-state index contributed by atoms with van der Waals surface area (Å²) in [6.07, 6.45) is 27.1. The van der Waals surface area contributed by atoms with E-state index in [-0.39, 0.29) is 48.7 Å². The van der Waals surface area contributed by atoms with Gasteiger partial charge in [0.25, 0.3) is 0 Å². The number of hydrogen-bond donors (Lipinski definition) is 2. The SMILES string of the molecule is CCCCCCCCCCCC[C@H](O)[C@@H]1CC[C@@H]([C@@H]2CC[C@@H]([C@@H]3CC[C@@H](CCCCC[C@@H](O)CC4=C[C@H](C)OC4=O)O3)O2)O1. The van der Waals surface area contributed by atoms with Crippen LogP contribution in [0.4, 0.5) is 0 Å². The van der Waals surface area contributed by atoms with Gasteiger partial charge in [-0.05, 0) is 70.8 Å². The van der Waals surface area contributed by atoms with E-state index in [2.05, 4.69) is 6.92 Å². The van der Waals surface area contributed by atoms with Crippen molar-refractivity contribution in [1.29, 1.82) is 0 Å². The molecule has 4 rings (SSSR count). The summed E-state index contributed by atoms with van der Waals surface area (Å²) in [6, 6.07) is 0. The fourth-order valence-electron chi connectivity index (χ4n) is 7.79. The molecule has 7 nitrogen and oxygen atoms in total. The van der Waals surface area contributed by atoms with E-state index in [4.69, 9.17) is 18.9 Å². The molecule has 3 saturated heterocycles. The molecule has 0 unspecified atom stereocenters. The van der Waals surface area contributed by atoms with Gasteiger partial charge in [0.15, 0.2) is 0 Å². The highest BCUT2D eigenvalue weighted by Crippen LogP contribution is 2.37. The molecule has 0 radical (unpaired) electrons. The first-order valence-corrected chi connectivity index (χ1v) is 18.7. The van der Waals surface area contributed by atoms with Crippen LogP contribution in [0.25, 0.3) is 0 Å². The number of cyclic esters (lactones) is 1. The molecule has 0 bridgehead atoms. The number of carbonyl (C=O) groups excluding carboxylic acids is 1. The topological polar surface area (TPSA) is 94.5 Å². The third kappa shape index (κ3) is 12.0. The van der Waals surface area contributed by atoms with E-state index < -0.39 is 6.10 Å². The highest BCUT2D eigenvalue weighted by Gasteiger charge is 2.43. The van der Waals surface area contributed by atoms with Crippen LogP contribution in [-0.4, -0.2) is 71.1 Å². The third-order valence-corrected chi connectivity index (χ3v) is 10.4. The summed E-state index contributed by atoms with van der Waals surface area (Å²) < 4.78 is 24.4. The Kier molecular flexibility index (Phi) is 16.0. The van der Waals surface area contributed by atoms with Crippen LogP contribution in [0.2, 0.25) is 0 Å². The average Bonchev–Trinajstić information content (AvgIpc) is 3.81. The van der Waals surface area contributed by atoms with E-state index in [0.717, 1.165) is 77.0 Å². The molecule has 44 heavy (non-hydrogen) atoms. The first kappa shape index (κ1) is 35.9. The van der Waals surface area contributed by atoms with Crippen LogP contribution in [0, 0.1) is 0 Å². The lowest BCUT2D eigenvalue weighted by atomic mass is 10.0. The molecule has 9 atom stereocenters. The normalized spacial score (nSPS) is 31.9. The fourth-order valence-corrected chi connectivity index (χ4v) is 7.79. The maximum atomic E-state index is 11.7. The van der Waals surface area contributed by atoms with Crippen molar-refractivity contribution in [3.8, 4) is 0 Å². The van der Waals surface area contributed by atoms with Gasteiger partial charge in [-0.1, -0.05) is 90.4 Å². The first-order valence-electron chi connectivity index (χ1n) is 18.7. The van der Waals surface area contributed by atoms with Gasteiger partial charge in [0.1, 0.15) is 6.10 Å². The summed E-state index contributed by atoms with van der Waals surface area (Å²) in [7, 11) is 0. The summed E-state index contributed by atoms with van der Waals surface area (Å²) in [5.41, 5.74) is 0.614. The minimum Gasteiger partial charge on any atom is -0.455 e. The minimum absolute atomic E-state index is 0.0329. The van der Waals surface area contributed by atoms with Crippen LogP contribution in [0.3, 0.4) is 0 Å². The molecule has 4 aliphatic heterocycles. The molecule has 0 amide bonds. The molecule has 0 aromatic carbocycles. The summed E-state index contributed by atoms with van der Waals surface area (Å²) in [5, 5.41) is 21.1. The molecule has 0 aromatic heterocycles. The van der Waals surface area contributed by atoms with Crippen LogP contribution in [-0.2, 0) is 23.7 Å². The van der Waals surface area contributed by atoms with Crippen LogP contribution in [0.1, 0.15) is 162 Å². The molecule has 254 valence electrons. The molecule has 0 spiro atoms. The lowest BCUT2D eigenvalue weighted by Gasteiger charge is -2.24. The lowest BCUT2D eigenvalue weighted by molar-refractivity contribution is -0.139. The van der Waals surface area contributed by atoms with E-state index in [0.29, 0.717) is 24.5 Å². The summed E-state index contributed by atoms with van der Waals surface area (Å²) in [5.74, 6) is -0.282. The van der Waals surface area contributed by atoms with Gasteiger partial charge >= 0.3 is 5.97 Å². The molecule has 3 fully saturated rings. The van der Waals surface area contributed by atoms with E-state index in [1.165, 1.54) is 57.8 Å². The van der Waals surface area contributed by atoms with Crippen LogP contribution in [0.5, 0.6) is 0 Å². The van der Waals surface area contributed by atoms with Gasteiger partial charge in [0.2, 0.25) is 0 Å². The largest absolute Gasteiger partial charge is 0.455 e. The van der Waals surface area contributed by atoms with Gasteiger partial charge in [0, 0.05) is 12.0 Å². The van der Waals surface area contributed by atoms with Crippen LogP contribution < -0.4 is 0 Å². The van der Waals surface area contributed by atoms with Crippen molar-refractivity contribution in [3.05, 3.63) is 11.6 Å². The molecular weight excluding hydrogens is 556 g/mol. The maximum Gasteiger partial charge on any atom is 0.334 e. The maximum absolute atomic E-state index is 11.7. The Labute approximate surface area is 267 Å². The molecule has 7 heteroatoms. The number of ether oxygens (including phenoxy) is 4. The number of unbranched alkanes of at least 4 members (excludes halogenated alkanes) is 11. The van der Waals surface area contributed by atoms with Crippen LogP contribution in [0.15, 0.2) is 11.6 Å². The van der Waals surface area contributed by atoms with Gasteiger partial charge in [-0.2, -0.15) is 0 Å². The van der Waals surface area contributed by atoms with E-state index >= 15 is 0 Å². The second-order valence-electron chi connectivity index (χ2n) is 14.3. The molecule has 4 heterocycles. The van der Waals surface area contributed by atoms with Crippen molar-refractivity contribution in [2.75, 3.05) is 0 Å². The van der Waals surface area contributed by atoms with E-state index in [9.17, 15) is 15.0 Å².